The number of nitrogens with one attached hydrogen (secondary N) is 2. The van der Waals surface area contributed by atoms with E-state index in [9.17, 15) is 9.59 Å². The van der Waals surface area contributed by atoms with E-state index in [0.717, 1.165) is 25.9 Å². The zero-order valence-corrected chi connectivity index (χ0v) is 12.7. The summed E-state index contributed by atoms with van der Waals surface area (Å²) in [5.41, 5.74) is 2.11. The summed E-state index contributed by atoms with van der Waals surface area (Å²) in [6.45, 7) is 4.87. The fraction of sp³-hybridized carbons (Fsp3) is 0.600. The molecule has 2 N–H and O–H groups in total. The highest BCUT2D eigenvalue weighted by atomic mass is 16.5. The van der Waals surface area contributed by atoms with Crippen LogP contribution >= 0.6 is 0 Å². The van der Waals surface area contributed by atoms with Gasteiger partial charge in [0.2, 0.25) is 0 Å². The van der Waals surface area contributed by atoms with Gasteiger partial charge in [0.15, 0.2) is 0 Å². The van der Waals surface area contributed by atoms with Gasteiger partial charge in [-0.25, -0.2) is 4.79 Å². The molecule has 1 amide bonds. The van der Waals surface area contributed by atoms with Crippen LogP contribution in [0.3, 0.4) is 0 Å². The van der Waals surface area contributed by atoms with Gasteiger partial charge in [0, 0.05) is 18.8 Å². The van der Waals surface area contributed by atoms with Crippen molar-refractivity contribution in [3.8, 4) is 0 Å². The topological polar surface area (TPSA) is 80.4 Å². The maximum absolute atomic E-state index is 12.2. The fourth-order valence-electron chi connectivity index (χ4n) is 2.69. The molecule has 1 aromatic heterocycles. The molecule has 1 aromatic rings. The monoisotopic (exact) mass is 294 g/mol. The van der Waals surface area contributed by atoms with E-state index in [4.69, 9.17) is 9.47 Å². The van der Waals surface area contributed by atoms with Crippen LogP contribution < -0.4 is 5.32 Å². The fourth-order valence-corrected chi connectivity index (χ4v) is 2.69. The minimum Gasteiger partial charge on any atom is -0.465 e. The average molecular weight is 294 g/mol. The molecule has 1 saturated heterocycles. The van der Waals surface area contributed by atoms with Gasteiger partial charge in [-0.1, -0.05) is 0 Å². The summed E-state index contributed by atoms with van der Waals surface area (Å²) in [6.07, 6.45) is 3.22. The van der Waals surface area contributed by atoms with Crippen molar-refractivity contribution in [1.29, 1.82) is 0 Å². The number of aryl methyl sites for hydroxylation is 1. The molecule has 0 aliphatic carbocycles. The number of methoxy groups -OCH3 is 1. The summed E-state index contributed by atoms with van der Waals surface area (Å²) >= 11 is 0. The first-order valence-electron chi connectivity index (χ1n) is 7.22. The van der Waals surface area contributed by atoms with E-state index in [-0.39, 0.29) is 12.0 Å². The van der Waals surface area contributed by atoms with Gasteiger partial charge in [-0.05, 0) is 38.7 Å². The molecule has 1 aliphatic rings. The molecule has 116 valence electrons. The zero-order valence-electron chi connectivity index (χ0n) is 12.7. The lowest BCUT2D eigenvalue weighted by Crippen LogP contribution is -2.27. The molecule has 0 aromatic carbocycles. The Balaban J connectivity index is 1.97. The number of esters is 1. The van der Waals surface area contributed by atoms with Gasteiger partial charge >= 0.3 is 5.97 Å². The van der Waals surface area contributed by atoms with Crippen molar-refractivity contribution in [2.24, 2.45) is 0 Å². The maximum Gasteiger partial charge on any atom is 0.339 e. The van der Waals surface area contributed by atoms with E-state index >= 15 is 0 Å². The summed E-state index contributed by atoms with van der Waals surface area (Å²) in [5, 5.41) is 2.86. The van der Waals surface area contributed by atoms with Gasteiger partial charge < -0.3 is 19.8 Å². The molecule has 6 heteroatoms. The minimum atomic E-state index is -0.431. The lowest BCUT2D eigenvalue weighted by atomic mass is 10.1. The summed E-state index contributed by atoms with van der Waals surface area (Å²) < 4.78 is 10.2. The van der Waals surface area contributed by atoms with E-state index in [2.05, 4.69) is 10.3 Å². The highest BCUT2D eigenvalue weighted by Crippen LogP contribution is 2.19. The van der Waals surface area contributed by atoms with Crippen LogP contribution in [-0.2, 0) is 9.47 Å². The Morgan fingerprint density at radius 3 is 2.81 bits per heavy atom. The molecule has 0 spiro atoms. The van der Waals surface area contributed by atoms with Crippen LogP contribution in [0.15, 0.2) is 0 Å². The van der Waals surface area contributed by atoms with Gasteiger partial charge in [-0.2, -0.15) is 0 Å². The minimum absolute atomic E-state index is 0.205. The van der Waals surface area contributed by atoms with Gasteiger partial charge in [0.1, 0.15) is 5.69 Å². The Morgan fingerprint density at radius 1 is 1.43 bits per heavy atom. The number of aromatic amines is 1. The van der Waals surface area contributed by atoms with Crippen LogP contribution in [0.1, 0.15) is 51.4 Å². The third kappa shape index (κ3) is 3.44. The number of amides is 1. The van der Waals surface area contributed by atoms with Crippen LogP contribution in [0, 0.1) is 13.8 Å². The van der Waals surface area contributed by atoms with Crippen molar-refractivity contribution >= 4 is 11.9 Å². The molecule has 0 bridgehead atoms. The highest BCUT2D eigenvalue weighted by Gasteiger charge is 2.22. The van der Waals surface area contributed by atoms with Crippen molar-refractivity contribution in [3.05, 3.63) is 22.5 Å². The predicted molar refractivity (Wildman–Crippen MR) is 77.5 cm³/mol. The molecule has 1 aliphatic heterocycles. The molecule has 2 rings (SSSR count). The first-order valence-corrected chi connectivity index (χ1v) is 7.22. The predicted octanol–water partition coefficient (Wildman–Crippen LogP) is 1.72. The van der Waals surface area contributed by atoms with E-state index in [1.54, 1.807) is 13.8 Å². The molecule has 0 saturated carbocycles. The SMILES string of the molecule is COC(=O)c1c(C)[nH]c(C(=O)NCCC2CCCO2)c1C. The Bertz CT molecular complexity index is 530. The van der Waals surface area contributed by atoms with Gasteiger partial charge in [-0.3, -0.25) is 4.79 Å². The van der Waals surface area contributed by atoms with Crippen LogP contribution in [-0.4, -0.2) is 43.2 Å². The van der Waals surface area contributed by atoms with E-state index in [0.29, 0.717) is 29.1 Å². The summed E-state index contributed by atoms with van der Waals surface area (Å²) in [6, 6.07) is 0. The summed E-state index contributed by atoms with van der Waals surface area (Å²) in [7, 11) is 1.33. The van der Waals surface area contributed by atoms with Crippen molar-refractivity contribution in [3.63, 3.8) is 0 Å². The Kier molecular flexibility index (Phi) is 5.01. The average Bonchev–Trinajstić information content (AvgIpc) is 3.06. The Morgan fingerprint density at radius 2 is 2.19 bits per heavy atom. The maximum atomic E-state index is 12.2. The zero-order chi connectivity index (χ0) is 15.4. The van der Waals surface area contributed by atoms with Crippen LogP contribution in [0.2, 0.25) is 0 Å². The largest absolute Gasteiger partial charge is 0.465 e. The number of carbonyl (C=O) groups is 2. The number of hydrogen-bond donors (Lipinski definition) is 2. The molecule has 1 unspecified atom stereocenters. The first kappa shape index (κ1) is 15.6. The lowest BCUT2D eigenvalue weighted by Gasteiger charge is -2.10. The third-order valence-corrected chi connectivity index (χ3v) is 3.83. The summed E-state index contributed by atoms with van der Waals surface area (Å²) in [5.74, 6) is -0.636. The lowest BCUT2D eigenvalue weighted by molar-refractivity contribution is 0.0599. The first-order chi connectivity index (χ1) is 10.0. The molecule has 1 atom stereocenters. The number of ether oxygens (including phenoxy) is 2. The molecule has 1 fully saturated rings. The van der Waals surface area contributed by atoms with Crippen LogP contribution in [0.5, 0.6) is 0 Å². The summed E-state index contributed by atoms with van der Waals surface area (Å²) in [4.78, 5) is 26.8. The van der Waals surface area contributed by atoms with Crippen LogP contribution in [0.25, 0.3) is 0 Å². The number of H-pyrrole nitrogens is 1. The van der Waals surface area contributed by atoms with Crippen molar-refractivity contribution in [2.45, 2.75) is 39.2 Å². The van der Waals surface area contributed by atoms with Crippen molar-refractivity contribution in [2.75, 3.05) is 20.3 Å². The molecule has 2 heterocycles. The van der Waals surface area contributed by atoms with Crippen molar-refractivity contribution < 1.29 is 19.1 Å². The molecular weight excluding hydrogens is 272 g/mol. The molecule has 21 heavy (non-hydrogen) atoms. The highest BCUT2D eigenvalue weighted by molar-refractivity contribution is 6.00. The number of carbonyl (C=O) groups excluding carboxylic acids is 2. The number of hydrogen-bond acceptors (Lipinski definition) is 4. The molecule has 6 nitrogen and oxygen atoms in total. The van der Waals surface area contributed by atoms with Crippen LogP contribution in [0.4, 0.5) is 0 Å². The Labute approximate surface area is 124 Å². The van der Waals surface area contributed by atoms with Gasteiger partial charge in [-0.15, -0.1) is 0 Å². The number of aromatic nitrogens is 1. The van der Waals surface area contributed by atoms with Crippen molar-refractivity contribution in [1.82, 2.24) is 10.3 Å². The smallest absolute Gasteiger partial charge is 0.339 e. The van der Waals surface area contributed by atoms with Gasteiger partial charge in [0.25, 0.3) is 5.91 Å². The normalized spacial score (nSPS) is 17.8. The Hall–Kier alpha value is -1.82. The molecule has 0 radical (unpaired) electrons. The van der Waals surface area contributed by atoms with E-state index < -0.39 is 5.97 Å². The third-order valence-electron chi connectivity index (χ3n) is 3.83. The van der Waals surface area contributed by atoms with Gasteiger partial charge in [0.05, 0.1) is 18.8 Å². The number of rotatable bonds is 5. The second-order valence-electron chi connectivity index (χ2n) is 5.30. The standard InChI is InChI=1S/C15H22N2O4/c1-9-12(15(19)20-3)10(2)17-13(9)14(18)16-7-6-11-5-4-8-21-11/h11,17H,4-8H2,1-3H3,(H,16,18). The van der Waals surface area contributed by atoms with E-state index in [1.807, 2.05) is 0 Å². The van der Waals surface area contributed by atoms with E-state index in [1.165, 1.54) is 7.11 Å². The second-order valence-corrected chi connectivity index (χ2v) is 5.30. The quantitative estimate of drug-likeness (QED) is 0.810. The second kappa shape index (κ2) is 6.76. The molecular formula is C15H22N2O4.